The van der Waals surface area contributed by atoms with Crippen LogP contribution in [0.5, 0.6) is 0 Å². The Bertz CT molecular complexity index is 539. The smallest absolute Gasteiger partial charge is 0.226 e. The van der Waals surface area contributed by atoms with Crippen LogP contribution in [-0.2, 0) is 24.2 Å². The van der Waals surface area contributed by atoms with Gasteiger partial charge in [-0.1, -0.05) is 12.1 Å². The molecule has 1 atom stereocenters. The molecule has 1 aliphatic rings. The van der Waals surface area contributed by atoms with Gasteiger partial charge in [0.2, 0.25) is 5.89 Å². The Hall–Kier alpha value is -1.73. The summed E-state index contributed by atoms with van der Waals surface area (Å²) in [5.74, 6) is 1.49. The first-order chi connectivity index (χ1) is 10.3. The molecule has 2 aromatic rings. The average molecular weight is 291 g/mol. The van der Waals surface area contributed by atoms with Crippen molar-refractivity contribution < 1.29 is 9.26 Å². The lowest BCUT2D eigenvalue weighted by atomic mass is 10.2. The molecule has 21 heavy (non-hydrogen) atoms. The van der Waals surface area contributed by atoms with Crippen LogP contribution in [0.1, 0.15) is 25.1 Å². The summed E-state index contributed by atoms with van der Waals surface area (Å²) in [7, 11) is 0. The first kappa shape index (κ1) is 14.2. The lowest BCUT2D eigenvalue weighted by Gasteiger charge is -2.31. The van der Waals surface area contributed by atoms with E-state index in [1.807, 2.05) is 16.9 Å². The van der Waals surface area contributed by atoms with Crippen molar-refractivity contribution in [2.75, 3.05) is 19.7 Å². The maximum Gasteiger partial charge on any atom is 0.226 e. The molecule has 0 aromatic carbocycles. The molecule has 0 N–H and O–H groups in total. The first-order valence-corrected chi connectivity index (χ1v) is 7.46. The van der Waals surface area contributed by atoms with Crippen molar-refractivity contribution in [2.24, 2.45) is 0 Å². The number of hydrogen-bond donors (Lipinski definition) is 0. The molecule has 0 spiro atoms. The lowest BCUT2D eigenvalue weighted by molar-refractivity contribution is -0.0410. The van der Waals surface area contributed by atoms with Crippen LogP contribution < -0.4 is 0 Å². The third kappa shape index (κ3) is 3.89. The second kappa shape index (κ2) is 6.82. The minimum Gasteiger partial charge on any atom is -0.374 e. The predicted molar refractivity (Wildman–Crippen MR) is 75.5 cm³/mol. The Morgan fingerprint density at radius 2 is 2.38 bits per heavy atom. The molecule has 3 rings (SSSR count). The van der Waals surface area contributed by atoms with Gasteiger partial charge in [0.15, 0.2) is 5.82 Å². The van der Waals surface area contributed by atoms with Crippen LogP contribution in [0.25, 0.3) is 0 Å². The van der Waals surface area contributed by atoms with E-state index in [1.54, 1.807) is 6.20 Å². The van der Waals surface area contributed by atoms with Crippen LogP contribution in [0.15, 0.2) is 23.0 Å². The molecule has 1 aliphatic heterocycles. The Balaban J connectivity index is 1.53. The molecule has 114 valence electrons. The van der Waals surface area contributed by atoms with E-state index >= 15 is 0 Å². The van der Waals surface area contributed by atoms with Crippen LogP contribution in [0, 0.1) is 0 Å². The summed E-state index contributed by atoms with van der Waals surface area (Å²) >= 11 is 0. The normalized spacial score (nSPS) is 20.0. The average Bonchev–Trinajstić information content (AvgIpc) is 3.12. The van der Waals surface area contributed by atoms with Gasteiger partial charge in [0.05, 0.1) is 25.8 Å². The minimum atomic E-state index is 0.153. The molecular formula is C14H21N5O2. The molecular weight excluding hydrogens is 270 g/mol. The van der Waals surface area contributed by atoms with Gasteiger partial charge in [-0.15, -0.1) is 0 Å². The van der Waals surface area contributed by atoms with Gasteiger partial charge < -0.3 is 9.26 Å². The fourth-order valence-electron chi connectivity index (χ4n) is 2.52. The second-order valence-electron chi connectivity index (χ2n) is 5.31. The van der Waals surface area contributed by atoms with Gasteiger partial charge in [-0.05, 0) is 12.5 Å². The standard InChI is InChI=1S/C14H21N5O2/c1-2-4-14-16-13(17-21-14)11-18-7-8-20-12(9-18)10-19-6-3-5-15-19/h3,5-6,12H,2,4,7-11H2,1H3/t12-/m0/s1. The zero-order valence-corrected chi connectivity index (χ0v) is 12.3. The van der Waals surface area contributed by atoms with E-state index in [2.05, 4.69) is 27.1 Å². The van der Waals surface area contributed by atoms with Gasteiger partial charge >= 0.3 is 0 Å². The van der Waals surface area contributed by atoms with Crippen molar-refractivity contribution in [3.05, 3.63) is 30.2 Å². The molecule has 3 heterocycles. The van der Waals surface area contributed by atoms with Crippen LogP contribution in [0.3, 0.4) is 0 Å². The Morgan fingerprint density at radius 1 is 1.43 bits per heavy atom. The largest absolute Gasteiger partial charge is 0.374 e. The van der Waals surface area contributed by atoms with Gasteiger partial charge in [-0.2, -0.15) is 10.1 Å². The molecule has 1 fully saturated rings. The maximum absolute atomic E-state index is 5.80. The Kier molecular flexibility index (Phi) is 4.62. The molecule has 0 aliphatic carbocycles. The minimum absolute atomic E-state index is 0.153. The van der Waals surface area contributed by atoms with Crippen molar-refractivity contribution in [1.82, 2.24) is 24.8 Å². The van der Waals surface area contributed by atoms with Crippen molar-refractivity contribution >= 4 is 0 Å². The monoisotopic (exact) mass is 291 g/mol. The van der Waals surface area contributed by atoms with Crippen molar-refractivity contribution in [3.8, 4) is 0 Å². The number of ether oxygens (including phenoxy) is 1. The fraction of sp³-hybridized carbons (Fsp3) is 0.643. The van der Waals surface area contributed by atoms with E-state index in [9.17, 15) is 0 Å². The predicted octanol–water partition coefficient (Wildman–Crippen LogP) is 1.12. The number of morpholine rings is 1. The lowest BCUT2D eigenvalue weighted by Crippen LogP contribution is -2.43. The van der Waals surface area contributed by atoms with Gasteiger partial charge in [0.1, 0.15) is 0 Å². The summed E-state index contributed by atoms with van der Waals surface area (Å²) in [6, 6.07) is 1.93. The van der Waals surface area contributed by atoms with Gasteiger partial charge in [-0.25, -0.2) is 0 Å². The number of hydrogen-bond acceptors (Lipinski definition) is 6. The summed E-state index contributed by atoms with van der Waals surface area (Å²) in [5, 5.41) is 8.27. The SMILES string of the molecule is CCCc1nc(CN2CCO[C@H](Cn3cccn3)C2)no1. The van der Waals surface area contributed by atoms with Gasteiger partial charge in [-0.3, -0.25) is 9.58 Å². The summed E-state index contributed by atoms with van der Waals surface area (Å²) in [5.41, 5.74) is 0. The van der Waals surface area contributed by atoms with Gasteiger partial charge in [0, 0.05) is 31.9 Å². The van der Waals surface area contributed by atoms with E-state index in [-0.39, 0.29) is 6.10 Å². The molecule has 1 saturated heterocycles. The summed E-state index contributed by atoms with van der Waals surface area (Å²) in [6.45, 7) is 6.07. The molecule has 0 unspecified atom stereocenters. The Morgan fingerprint density at radius 3 is 3.19 bits per heavy atom. The zero-order valence-electron chi connectivity index (χ0n) is 12.3. The van der Waals surface area contributed by atoms with Crippen molar-refractivity contribution in [3.63, 3.8) is 0 Å². The number of nitrogens with zero attached hydrogens (tertiary/aromatic N) is 5. The second-order valence-corrected chi connectivity index (χ2v) is 5.31. The number of aryl methyl sites for hydroxylation is 1. The molecule has 0 saturated carbocycles. The number of rotatable bonds is 6. The highest BCUT2D eigenvalue weighted by molar-refractivity contribution is 4.88. The summed E-state index contributed by atoms with van der Waals surface area (Å²) < 4.78 is 12.9. The van der Waals surface area contributed by atoms with E-state index in [4.69, 9.17) is 9.26 Å². The molecule has 7 heteroatoms. The highest BCUT2D eigenvalue weighted by Gasteiger charge is 2.22. The third-order valence-electron chi connectivity index (χ3n) is 3.51. The highest BCUT2D eigenvalue weighted by Crippen LogP contribution is 2.11. The van der Waals surface area contributed by atoms with E-state index in [1.165, 1.54) is 0 Å². The highest BCUT2D eigenvalue weighted by atomic mass is 16.5. The number of aromatic nitrogens is 4. The third-order valence-corrected chi connectivity index (χ3v) is 3.51. The first-order valence-electron chi connectivity index (χ1n) is 7.46. The van der Waals surface area contributed by atoms with Crippen molar-refractivity contribution in [2.45, 2.75) is 39.0 Å². The molecule has 7 nitrogen and oxygen atoms in total. The quantitative estimate of drug-likeness (QED) is 0.794. The fourth-order valence-corrected chi connectivity index (χ4v) is 2.52. The van der Waals surface area contributed by atoms with Crippen molar-refractivity contribution in [1.29, 1.82) is 0 Å². The van der Waals surface area contributed by atoms with Crippen LogP contribution in [0.4, 0.5) is 0 Å². The summed E-state index contributed by atoms with van der Waals surface area (Å²) in [4.78, 5) is 6.72. The van der Waals surface area contributed by atoms with Crippen LogP contribution in [-0.4, -0.2) is 50.6 Å². The van der Waals surface area contributed by atoms with E-state index in [0.29, 0.717) is 6.54 Å². The molecule has 0 radical (unpaired) electrons. The maximum atomic E-state index is 5.80. The van der Waals surface area contributed by atoms with Crippen LogP contribution >= 0.6 is 0 Å². The zero-order chi connectivity index (χ0) is 14.5. The van der Waals surface area contributed by atoms with E-state index < -0.39 is 0 Å². The van der Waals surface area contributed by atoms with Crippen LogP contribution in [0.2, 0.25) is 0 Å². The molecule has 0 bridgehead atoms. The van der Waals surface area contributed by atoms with Gasteiger partial charge in [0.25, 0.3) is 0 Å². The Labute approximate surface area is 123 Å². The topological polar surface area (TPSA) is 69.2 Å². The summed E-state index contributed by atoms with van der Waals surface area (Å²) in [6.07, 6.45) is 5.76. The van der Waals surface area contributed by atoms with E-state index in [0.717, 1.165) is 50.8 Å². The molecule has 0 amide bonds. The molecule has 2 aromatic heterocycles.